The van der Waals surface area contributed by atoms with E-state index in [2.05, 4.69) is 31.3 Å². The second kappa shape index (κ2) is 8.43. The Kier molecular flexibility index (Phi) is 6.52. The summed E-state index contributed by atoms with van der Waals surface area (Å²) >= 11 is 0. The first-order chi connectivity index (χ1) is 12.3. The van der Waals surface area contributed by atoms with Gasteiger partial charge in [-0.25, -0.2) is 0 Å². The molecule has 0 fully saturated rings. The van der Waals surface area contributed by atoms with Crippen LogP contribution in [0.2, 0.25) is 0 Å². The van der Waals surface area contributed by atoms with Crippen LogP contribution in [0, 0.1) is 5.92 Å². The molecule has 1 aromatic rings. The number of aromatic hydroxyl groups is 3. The van der Waals surface area contributed by atoms with Crippen LogP contribution >= 0.6 is 0 Å². The Bertz CT molecular complexity index is 734. The lowest BCUT2D eigenvalue weighted by atomic mass is 9.73. The fraction of sp³-hybridized carbons (Fsp3) is 0.500. The number of phenols is 3. The van der Waals surface area contributed by atoms with E-state index in [1.807, 2.05) is 13.8 Å². The van der Waals surface area contributed by atoms with E-state index in [1.165, 1.54) is 5.57 Å². The van der Waals surface area contributed by atoms with Crippen molar-refractivity contribution in [2.75, 3.05) is 0 Å². The second-order valence-corrected chi connectivity index (χ2v) is 7.43. The monoisotopic (exact) mass is 357 g/mol. The molecule has 0 amide bonds. The number of allylic oxidation sites excluding steroid dienone is 3. The molecular weight excluding hydrogens is 326 g/mol. The first-order valence-electron chi connectivity index (χ1n) is 9.42. The fourth-order valence-electron chi connectivity index (χ4n) is 3.95. The van der Waals surface area contributed by atoms with Crippen LogP contribution in [-0.4, -0.2) is 22.0 Å². The first kappa shape index (κ1) is 20.1. The van der Waals surface area contributed by atoms with E-state index in [9.17, 15) is 15.3 Å². The summed E-state index contributed by atoms with van der Waals surface area (Å²) in [6.07, 6.45) is 7.35. The minimum atomic E-state index is -0.247. The van der Waals surface area contributed by atoms with Gasteiger partial charge in [0.15, 0.2) is 11.5 Å². The Balaban J connectivity index is 2.62. The van der Waals surface area contributed by atoms with Crippen molar-refractivity contribution in [2.24, 2.45) is 10.9 Å². The molecule has 0 saturated carbocycles. The average molecular weight is 357 g/mol. The number of rotatable bonds is 7. The van der Waals surface area contributed by atoms with E-state index < -0.39 is 0 Å². The quantitative estimate of drug-likeness (QED) is 0.187. The maximum atomic E-state index is 10.9. The van der Waals surface area contributed by atoms with Crippen molar-refractivity contribution in [1.29, 1.82) is 0 Å². The van der Waals surface area contributed by atoms with Gasteiger partial charge in [-0.2, -0.15) is 0 Å². The summed E-state index contributed by atoms with van der Waals surface area (Å²) < 4.78 is 0. The molecule has 0 saturated heterocycles. The van der Waals surface area contributed by atoms with Crippen molar-refractivity contribution in [2.45, 2.75) is 65.2 Å². The zero-order chi connectivity index (χ0) is 19.4. The minimum absolute atomic E-state index is 0.0796. The summed E-state index contributed by atoms with van der Waals surface area (Å²) in [5.74, 6) is -0.656. The maximum absolute atomic E-state index is 10.9. The van der Waals surface area contributed by atoms with Gasteiger partial charge in [0, 0.05) is 17.0 Å². The van der Waals surface area contributed by atoms with E-state index >= 15 is 0 Å². The van der Waals surface area contributed by atoms with Crippen LogP contribution in [0.15, 0.2) is 28.8 Å². The second-order valence-electron chi connectivity index (χ2n) is 7.43. The van der Waals surface area contributed by atoms with Crippen molar-refractivity contribution in [3.05, 3.63) is 34.9 Å². The molecule has 4 heteroatoms. The van der Waals surface area contributed by atoms with Crippen molar-refractivity contribution in [1.82, 2.24) is 0 Å². The zero-order valence-electron chi connectivity index (χ0n) is 16.2. The van der Waals surface area contributed by atoms with E-state index in [4.69, 9.17) is 0 Å². The van der Waals surface area contributed by atoms with Crippen LogP contribution in [0.4, 0.5) is 5.69 Å². The Morgan fingerprint density at radius 1 is 1.19 bits per heavy atom. The predicted molar refractivity (Wildman–Crippen MR) is 108 cm³/mol. The molecule has 1 aromatic carbocycles. The highest BCUT2D eigenvalue weighted by Gasteiger charge is 2.33. The highest BCUT2D eigenvalue weighted by molar-refractivity contribution is 5.74. The smallest absolute Gasteiger partial charge is 0.165 e. The summed E-state index contributed by atoms with van der Waals surface area (Å²) in [5, 5.41) is 32.3. The molecule has 0 aromatic heterocycles. The van der Waals surface area contributed by atoms with Gasteiger partial charge in [-0.1, -0.05) is 43.6 Å². The van der Waals surface area contributed by atoms with E-state index in [1.54, 1.807) is 0 Å². The minimum Gasteiger partial charge on any atom is -0.505 e. The lowest BCUT2D eigenvalue weighted by Gasteiger charge is -2.32. The molecule has 2 unspecified atom stereocenters. The predicted octanol–water partition coefficient (Wildman–Crippen LogP) is 5.88. The summed E-state index contributed by atoms with van der Waals surface area (Å²) in [5.41, 5.74) is 3.28. The standard InChI is InChI=1S/C22H31NO3/c1-6-7-8-9-16-19(23-5)21(25)18(22(26)20(16)24)17-12-14(4)10-11-15(17)13(2)3/h12,15,17,24-26H,2,5-11H2,1,3-4H3. The number of hydrogen-bond acceptors (Lipinski definition) is 4. The first-order valence-corrected chi connectivity index (χ1v) is 9.42. The molecule has 1 aliphatic carbocycles. The molecule has 0 spiro atoms. The van der Waals surface area contributed by atoms with Crippen LogP contribution in [0.3, 0.4) is 0 Å². The molecule has 26 heavy (non-hydrogen) atoms. The third-order valence-corrected chi connectivity index (χ3v) is 5.43. The summed E-state index contributed by atoms with van der Waals surface area (Å²) in [7, 11) is 0. The largest absolute Gasteiger partial charge is 0.505 e. The highest BCUT2D eigenvalue weighted by Crippen LogP contribution is 2.54. The van der Waals surface area contributed by atoms with Gasteiger partial charge in [-0.05, 0) is 52.2 Å². The van der Waals surface area contributed by atoms with Crippen LogP contribution in [0.25, 0.3) is 0 Å². The Morgan fingerprint density at radius 3 is 2.46 bits per heavy atom. The number of aliphatic imine (C=N–C) groups is 1. The maximum Gasteiger partial charge on any atom is 0.165 e. The van der Waals surface area contributed by atoms with Gasteiger partial charge in [0.2, 0.25) is 0 Å². The summed E-state index contributed by atoms with van der Waals surface area (Å²) in [6.45, 7) is 13.8. The average Bonchev–Trinajstić information content (AvgIpc) is 2.59. The van der Waals surface area contributed by atoms with Crippen molar-refractivity contribution in [3.8, 4) is 17.2 Å². The van der Waals surface area contributed by atoms with Crippen LogP contribution in [-0.2, 0) is 6.42 Å². The lowest BCUT2D eigenvalue weighted by molar-refractivity contribution is 0.371. The summed E-state index contributed by atoms with van der Waals surface area (Å²) in [4.78, 5) is 3.98. The molecule has 0 aliphatic heterocycles. The SMILES string of the molecule is C=Nc1c(O)c(C2C=C(C)CCC2C(=C)C)c(O)c(O)c1CCCCC. The molecule has 3 N–H and O–H groups in total. The van der Waals surface area contributed by atoms with Crippen LogP contribution < -0.4 is 0 Å². The Labute approximate surface area is 156 Å². The number of nitrogens with zero attached hydrogens (tertiary/aromatic N) is 1. The molecular formula is C22H31NO3. The van der Waals surface area contributed by atoms with Gasteiger partial charge in [0.25, 0.3) is 0 Å². The molecule has 142 valence electrons. The van der Waals surface area contributed by atoms with E-state index in [-0.39, 0.29) is 34.8 Å². The van der Waals surface area contributed by atoms with Crippen LogP contribution in [0.1, 0.15) is 69.9 Å². The molecule has 2 atom stereocenters. The van der Waals surface area contributed by atoms with Gasteiger partial charge in [-0.15, -0.1) is 0 Å². The highest BCUT2D eigenvalue weighted by atomic mass is 16.3. The van der Waals surface area contributed by atoms with Gasteiger partial charge in [-0.3, -0.25) is 4.99 Å². The lowest BCUT2D eigenvalue weighted by Crippen LogP contribution is -2.17. The number of unbranched alkanes of at least 4 members (excludes halogenated alkanes) is 2. The molecule has 0 heterocycles. The molecule has 1 aliphatic rings. The van der Waals surface area contributed by atoms with Gasteiger partial charge < -0.3 is 15.3 Å². The number of hydrogen-bond donors (Lipinski definition) is 3. The van der Waals surface area contributed by atoms with Crippen LogP contribution in [0.5, 0.6) is 17.2 Å². The number of phenolic OH excluding ortho intramolecular Hbond substituents is 3. The van der Waals surface area contributed by atoms with Gasteiger partial charge in [0.05, 0.1) is 0 Å². The molecule has 4 nitrogen and oxygen atoms in total. The van der Waals surface area contributed by atoms with E-state index in [0.717, 1.165) is 37.7 Å². The Morgan fingerprint density at radius 2 is 1.88 bits per heavy atom. The number of benzene rings is 1. The van der Waals surface area contributed by atoms with Crippen molar-refractivity contribution < 1.29 is 15.3 Å². The summed E-state index contributed by atoms with van der Waals surface area (Å²) in [6, 6.07) is 0. The molecule has 0 radical (unpaired) electrons. The normalized spacial score (nSPS) is 19.9. The topological polar surface area (TPSA) is 73.1 Å². The van der Waals surface area contributed by atoms with Gasteiger partial charge >= 0.3 is 0 Å². The molecule has 0 bridgehead atoms. The third-order valence-electron chi connectivity index (χ3n) is 5.43. The third kappa shape index (κ3) is 3.79. The fourth-order valence-corrected chi connectivity index (χ4v) is 3.95. The zero-order valence-corrected chi connectivity index (χ0v) is 16.2. The Hall–Kier alpha value is -2.23. The van der Waals surface area contributed by atoms with Gasteiger partial charge in [0.1, 0.15) is 11.4 Å². The van der Waals surface area contributed by atoms with Crippen molar-refractivity contribution >= 4 is 12.4 Å². The van der Waals surface area contributed by atoms with E-state index in [0.29, 0.717) is 17.5 Å². The molecule has 2 rings (SSSR count). The van der Waals surface area contributed by atoms with Crippen molar-refractivity contribution in [3.63, 3.8) is 0 Å².